The Hall–Kier alpha value is -1.77. The Morgan fingerprint density at radius 3 is 2.30 bits per heavy atom. The van der Waals surface area contributed by atoms with Gasteiger partial charge in [-0.15, -0.1) is 0 Å². The summed E-state index contributed by atoms with van der Waals surface area (Å²) in [6, 6.07) is 1.40. The van der Waals surface area contributed by atoms with Crippen molar-refractivity contribution < 1.29 is 29.0 Å². The highest BCUT2D eigenvalue weighted by atomic mass is 32.5. The average molecular weight is 315 g/mol. The lowest BCUT2D eigenvalue weighted by molar-refractivity contribution is 0.0602. The van der Waals surface area contributed by atoms with E-state index in [1.165, 1.54) is 6.92 Å². The SMILES string of the molecule is COC(=O)c1c(C)[nH]c2cc(S(F)(F)(F)(F)F)ccc12. The van der Waals surface area contributed by atoms with Crippen LogP contribution < -0.4 is 0 Å². The maximum atomic E-state index is 12.7. The Bertz CT molecular complexity index is 720. The molecule has 0 atom stereocenters. The lowest BCUT2D eigenvalue weighted by Crippen LogP contribution is -2.06. The van der Waals surface area contributed by atoms with Gasteiger partial charge in [0.25, 0.3) is 0 Å². The number of carbonyl (C=O) groups excluding carboxylic acids is 1. The third-order valence-corrected chi connectivity index (χ3v) is 3.94. The number of benzene rings is 1. The molecule has 0 unspecified atom stereocenters. The summed E-state index contributed by atoms with van der Waals surface area (Å²) >= 11 is 0. The highest BCUT2D eigenvalue weighted by molar-refractivity contribution is 8.45. The van der Waals surface area contributed by atoms with Gasteiger partial charge in [0.1, 0.15) is 4.90 Å². The van der Waals surface area contributed by atoms with Gasteiger partial charge in [0.15, 0.2) is 0 Å². The number of H-pyrrole nitrogens is 1. The zero-order valence-corrected chi connectivity index (χ0v) is 11.2. The molecule has 2 aromatic rings. The van der Waals surface area contributed by atoms with Crippen LogP contribution in [0.3, 0.4) is 0 Å². The van der Waals surface area contributed by atoms with Gasteiger partial charge < -0.3 is 9.72 Å². The Morgan fingerprint density at radius 2 is 1.80 bits per heavy atom. The second kappa shape index (κ2) is 3.46. The molecule has 0 radical (unpaired) electrons. The monoisotopic (exact) mass is 315 g/mol. The van der Waals surface area contributed by atoms with Gasteiger partial charge in [-0.1, -0.05) is 25.5 Å². The van der Waals surface area contributed by atoms with E-state index >= 15 is 0 Å². The number of hydrogen-bond acceptors (Lipinski definition) is 2. The molecule has 1 N–H and O–H groups in total. The molecule has 0 saturated carbocycles. The zero-order valence-electron chi connectivity index (χ0n) is 10.3. The maximum Gasteiger partial charge on any atom is 0.340 e. The van der Waals surface area contributed by atoms with Gasteiger partial charge in [0.2, 0.25) is 0 Å². The van der Waals surface area contributed by atoms with Gasteiger partial charge in [0.05, 0.1) is 12.7 Å². The number of aromatic nitrogens is 1. The van der Waals surface area contributed by atoms with E-state index in [2.05, 4.69) is 9.72 Å². The van der Waals surface area contributed by atoms with Crippen LogP contribution in [0, 0.1) is 6.92 Å². The van der Waals surface area contributed by atoms with Crippen LogP contribution in [0.15, 0.2) is 23.1 Å². The minimum Gasteiger partial charge on any atom is -0.465 e. The molecule has 0 saturated heterocycles. The van der Waals surface area contributed by atoms with Crippen LogP contribution in [-0.2, 0) is 4.74 Å². The minimum absolute atomic E-state index is 0.0243. The molecular formula is C11H10F5NO2S. The van der Waals surface area contributed by atoms with Gasteiger partial charge in [-0.25, -0.2) is 4.79 Å². The number of methoxy groups -OCH3 is 1. The molecule has 0 fully saturated rings. The Balaban J connectivity index is 2.75. The number of fused-ring (bicyclic) bond motifs is 1. The second-order valence-corrected chi connectivity index (χ2v) is 6.70. The zero-order chi connectivity index (χ0) is 15.4. The van der Waals surface area contributed by atoms with E-state index in [1.807, 2.05) is 0 Å². The molecular weight excluding hydrogens is 305 g/mol. The van der Waals surface area contributed by atoms with E-state index in [4.69, 9.17) is 0 Å². The number of aryl methyl sites for hydroxylation is 1. The van der Waals surface area contributed by atoms with Crippen molar-refractivity contribution in [2.24, 2.45) is 0 Å². The van der Waals surface area contributed by atoms with E-state index in [1.54, 1.807) is 0 Å². The van der Waals surface area contributed by atoms with Crippen molar-refractivity contribution in [2.75, 3.05) is 7.11 Å². The third-order valence-electron chi connectivity index (χ3n) is 2.79. The van der Waals surface area contributed by atoms with Gasteiger partial charge in [0, 0.05) is 16.6 Å². The smallest absolute Gasteiger partial charge is 0.340 e. The lowest BCUT2D eigenvalue weighted by Gasteiger charge is -2.40. The van der Waals surface area contributed by atoms with Crippen LogP contribution in [-0.4, -0.2) is 18.1 Å². The topological polar surface area (TPSA) is 42.1 Å². The van der Waals surface area contributed by atoms with E-state index in [9.17, 15) is 24.2 Å². The van der Waals surface area contributed by atoms with Gasteiger partial charge in [-0.2, -0.15) is 0 Å². The number of rotatable bonds is 2. The normalized spacial score (nSPS) is 15.8. The quantitative estimate of drug-likeness (QED) is 0.631. The van der Waals surface area contributed by atoms with Crippen molar-refractivity contribution in [3.8, 4) is 0 Å². The number of carbonyl (C=O) groups is 1. The molecule has 9 heteroatoms. The van der Waals surface area contributed by atoms with Crippen molar-refractivity contribution in [3.63, 3.8) is 0 Å². The van der Waals surface area contributed by atoms with E-state index < -0.39 is 21.1 Å². The first-order chi connectivity index (χ1) is 8.83. The molecule has 1 heterocycles. The van der Waals surface area contributed by atoms with Gasteiger partial charge in [-0.05, 0) is 19.1 Å². The van der Waals surface area contributed by atoms with Crippen molar-refractivity contribution in [2.45, 2.75) is 11.8 Å². The fraction of sp³-hybridized carbons (Fsp3) is 0.182. The summed E-state index contributed by atoms with van der Waals surface area (Å²) in [7, 11) is -8.62. The summed E-state index contributed by atoms with van der Waals surface area (Å²) in [6.07, 6.45) is 0. The summed E-state index contributed by atoms with van der Waals surface area (Å²) < 4.78 is 68.0. The summed E-state index contributed by atoms with van der Waals surface area (Å²) in [5.41, 5.74) is 0.0658. The van der Waals surface area contributed by atoms with Crippen LogP contribution in [0.2, 0.25) is 0 Å². The van der Waals surface area contributed by atoms with Crippen molar-refractivity contribution in [1.82, 2.24) is 4.98 Å². The molecule has 0 aliphatic rings. The molecule has 0 aliphatic heterocycles. The minimum atomic E-state index is -9.74. The molecule has 2 rings (SSSR count). The number of halogens is 5. The fourth-order valence-corrected chi connectivity index (χ4v) is 2.58. The summed E-state index contributed by atoms with van der Waals surface area (Å²) in [5.74, 6) is -0.756. The third kappa shape index (κ3) is 2.45. The first kappa shape index (κ1) is 14.6. The van der Waals surface area contributed by atoms with E-state index in [0.29, 0.717) is 6.07 Å². The van der Waals surface area contributed by atoms with Crippen molar-refractivity contribution in [3.05, 3.63) is 29.5 Å². The molecule has 20 heavy (non-hydrogen) atoms. The molecule has 112 valence electrons. The largest absolute Gasteiger partial charge is 0.465 e. The number of esters is 1. The molecule has 0 aliphatic carbocycles. The highest BCUT2D eigenvalue weighted by Crippen LogP contribution is 3.02. The van der Waals surface area contributed by atoms with Gasteiger partial charge >= 0.3 is 16.2 Å². The van der Waals surface area contributed by atoms with Crippen LogP contribution in [0.5, 0.6) is 0 Å². The predicted molar refractivity (Wildman–Crippen MR) is 65.8 cm³/mol. The molecule has 0 amide bonds. The van der Waals surface area contributed by atoms with Crippen LogP contribution in [0.4, 0.5) is 19.4 Å². The molecule has 0 spiro atoms. The van der Waals surface area contributed by atoms with E-state index in [0.717, 1.165) is 13.2 Å². The molecule has 0 bridgehead atoms. The predicted octanol–water partition coefficient (Wildman–Crippen LogP) is 4.92. The number of aromatic amines is 1. The summed E-state index contributed by atoms with van der Waals surface area (Å²) in [4.78, 5) is 12.0. The number of ether oxygens (including phenoxy) is 1. The van der Waals surface area contributed by atoms with Crippen LogP contribution in [0.25, 0.3) is 10.9 Å². The number of nitrogens with one attached hydrogen (secondary N) is 1. The first-order valence-electron chi connectivity index (χ1n) is 5.28. The molecule has 3 nitrogen and oxygen atoms in total. The summed E-state index contributed by atoms with van der Waals surface area (Å²) in [5, 5.41) is 0.0972. The Kier molecular flexibility index (Phi) is 2.53. The average Bonchev–Trinajstić information content (AvgIpc) is 2.60. The second-order valence-electron chi connectivity index (χ2n) is 4.29. The van der Waals surface area contributed by atoms with E-state index in [-0.39, 0.29) is 28.2 Å². The standard InChI is InChI=1S/C11H10F5NO2S/c1-6-10(11(18)19-2)8-4-3-7(5-9(8)17-6)20(12,13,14,15)16/h3-5,17H,1-2H3. The number of hydrogen-bond donors (Lipinski definition) is 1. The maximum absolute atomic E-state index is 12.7. The first-order valence-corrected chi connectivity index (χ1v) is 7.23. The highest BCUT2D eigenvalue weighted by Gasteiger charge is 2.65. The van der Waals surface area contributed by atoms with Crippen LogP contribution in [0.1, 0.15) is 16.1 Å². The van der Waals surface area contributed by atoms with Crippen molar-refractivity contribution in [1.29, 1.82) is 0 Å². The van der Waals surface area contributed by atoms with Gasteiger partial charge in [-0.3, -0.25) is 0 Å². The Morgan fingerprint density at radius 1 is 1.20 bits per heavy atom. The molecule has 1 aromatic heterocycles. The Labute approximate surface area is 110 Å². The van der Waals surface area contributed by atoms with Crippen LogP contribution >= 0.6 is 10.2 Å². The van der Waals surface area contributed by atoms with Crippen molar-refractivity contribution >= 4 is 27.1 Å². The summed E-state index contributed by atoms with van der Waals surface area (Å²) in [6.45, 7) is 1.44. The fourth-order valence-electron chi connectivity index (χ4n) is 1.92. The lowest BCUT2D eigenvalue weighted by atomic mass is 10.1. The molecule has 1 aromatic carbocycles.